The van der Waals surface area contributed by atoms with Crippen LogP contribution < -0.4 is 10.6 Å². The predicted octanol–water partition coefficient (Wildman–Crippen LogP) is 6.80. The summed E-state index contributed by atoms with van der Waals surface area (Å²) in [7, 11) is 0. The van der Waals surface area contributed by atoms with Crippen molar-refractivity contribution in [3.05, 3.63) is 91.9 Å². The molecular formula is C20H12Cl4N2O2. The van der Waals surface area contributed by atoms with Crippen LogP contribution in [0.5, 0.6) is 0 Å². The van der Waals surface area contributed by atoms with Crippen molar-refractivity contribution in [2.24, 2.45) is 0 Å². The Hall–Kier alpha value is -2.24. The average Bonchev–Trinajstić information content (AvgIpc) is 2.67. The molecule has 0 fully saturated rings. The Labute approximate surface area is 181 Å². The van der Waals surface area contributed by atoms with Gasteiger partial charge in [0, 0.05) is 11.1 Å². The number of carbonyl (C=O) groups excluding carboxylic acids is 2. The molecular weight excluding hydrogens is 442 g/mol. The zero-order chi connectivity index (χ0) is 20.3. The van der Waals surface area contributed by atoms with Gasteiger partial charge in [-0.15, -0.1) is 0 Å². The average molecular weight is 454 g/mol. The third kappa shape index (κ3) is 4.59. The number of carbonyl (C=O) groups is 2. The molecule has 0 aromatic heterocycles. The van der Waals surface area contributed by atoms with E-state index >= 15 is 0 Å². The first kappa shape index (κ1) is 20.5. The van der Waals surface area contributed by atoms with Gasteiger partial charge < -0.3 is 10.6 Å². The van der Waals surface area contributed by atoms with Crippen LogP contribution in [0.4, 0.5) is 11.4 Å². The van der Waals surface area contributed by atoms with Gasteiger partial charge >= 0.3 is 0 Å². The van der Waals surface area contributed by atoms with E-state index in [1.54, 1.807) is 36.4 Å². The molecule has 0 aliphatic carbocycles. The third-order valence-electron chi connectivity index (χ3n) is 3.81. The topological polar surface area (TPSA) is 58.2 Å². The van der Waals surface area contributed by atoms with Crippen LogP contribution in [0.1, 0.15) is 20.7 Å². The summed E-state index contributed by atoms with van der Waals surface area (Å²) in [5, 5.41) is 6.63. The Morgan fingerprint density at radius 2 is 0.821 bits per heavy atom. The van der Waals surface area contributed by atoms with Gasteiger partial charge in [-0.3, -0.25) is 9.59 Å². The summed E-state index contributed by atoms with van der Waals surface area (Å²) >= 11 is 24.2. The molecule has 0 radical (unpaired) electrons. The van der Waals surface area contributed by atoms with Gasteiger partial charge in [0.15, 0.2) is 0 Å². The summed E-state index contributed by atoms with van der Waals surface area (Å²) in [6, 6.07) is 15.9. The number of benzene rings is 3. The molecule has 3 rings (SSSR count). The summed E-state index contributed by atoms with van der Waals surface area (Å²) in [5.41, 5.74) is 1.32. The predicted molar refractivity (Wildman–Crippen MR) is 115 cm³/mol. The lowest BCUT2D eigenvalue weighted by Gasteiger charge is -2.11. The Balaban J connectivity index is 1.74. The molecule has 0 unspecified atom stereocenters. The first-order valence-electron chi connectivity index (χ1n) is 7.97. The zero-order valence-corrected chi connectivity index (χ0v) is 17.1. The SMILES string of the molecule is O=C(Nc1c(Cl)cccc1Cl)c1ccc(C(=O)Nc2c(Cl)cccc2Cl)cc1. The molecule has 8 heteroatoms. The van der Waals surface area contributed by atoms with E-state index in [0.29, 0.717) is 42.6 Å². The maximum atomic E-state index is 12.4. The molecule has 0 aliphatic rings. The molecule has 3 aromatic carbocycles. The van der Waals surface area contributed by atoms with E-state index < -0.39 is 11.8 Å². The maximum Gasteiger partial charge on any atom is 0.255 e. The van der Waals surface area contributed by atoms with Crippen molar-refractivity contribution in [2.75, 3.05) is 10.6 Å². The molecule has 0 spiro atoms. The number of anilines is 2. The van der Waals surface area contributed by atoms with E-state index in [0.717, 1.165) is 0 Å². The molecule has 0 aliphatic heterocycles. The molecule has 4 nitrogen and oxygen atoms in total. The Kier molecular flexibility index (Phi) is 6.47. The minimum absolute atomic E-state index is 0.325. The molecule has 0 bridgehead atoms. The fourth-order valence-corrected chi connectivity index (χ4v) is 3.36. The van der Waals surface area contributed by atoms with E-state index in [1.807, 2.05) is 0 Å². The fraction of sp³-hybridized carbons (Fsp3) is 0. The lowest BCUT2D eigenvalue weighted by molar-refractivity contribution is 0.101. The van der Waals surface area contributed by atoms with Crippen molar-refractivity contribution in [1.82, 2.24) is 0 Å². The maximum absolute atomic E-state index is 12.4. The molecule has 2 N–H and O–H groups in total. The van der Waals surface area contributed by atoms with Crippen LogP contribution >= 0.6 is 46.4 Å². The lowest BCUT2D eigenvalue weighted by Crippen LogP contribution is -2.15. The molecule has 0 heterocycles. The van der Waals surface area contributed by atoms with E-state index in [4.69, 9.17) is 46.4 Å². The first-order valence-corrected chi connectivity index (χ1v) is 9.49. The number of nitrogens with one attached hydrogen (secondary N) is 2. The third-order valence-corrected chi connectivity index (χ3v) is 5.07. The standard InChI is InChI=1S/C20H12Cl4N2O2/c21-13-3-1-4-14(22)17(13)25-19(27)11-7-9-12(10-8-11)20(28)26-18-15(23)5-2-6-16(18)24/h1-10H,(H,25,27)(H,26,28). The highest BCUT2D eigenvalue weighted by molar-refractivity contribution is 6.40. The van der Waals surface area contributed by atoms with Gasteiger partial charge in [-0.25, -0.2) is 0 Å². The number of hydrogen-bond acceptors (Lipinski definition) is 2. The number of hydrogen-bond donors (Lipinski definition) is 2. The summed E-state index contributed by atoms with van der Waals surface area (Å²) < 4.78 is 0. The van der Waals surface area contributed by atoms with E-state index in [1.165, 1.54) is 24.3 Å². The monoisotopic (exact) mass is 452 g/mol. The van der Waals surface area contributed by atoms with E-state index in [2.05, 4.69) is 10.6 Å². The second-order valence-corrected chi connectivity index (χ2v) is 7.31. The van der Waals surface area contributed by atoms with Crippen molar-refractivity contribution in [2.45, 2.75) is 0 Å². The van der Waals surface area contributed by atoms with Crippen LogP contribution in [0, 0.1) is 0 Å². The van der Waals surface area contributed by atoms with E-state index in [9.17, 15) is 9.59 Å². The van der Waals surface area contributed by atoms with Crippen LogP contribution in [-0.2, 0) is 0 Å². The van der Waals surface area contributed by atoms with E-state index in [-0.39, 0.29) is 0 Å². The number of rotatable bonds is 4. The second kappa shape index (κ2) is 8.84. The quantitative estimate of drug-likeness (QED) is 0.456. The summed E-state index contributed by atoms with van der Waals surface area (Å²) in [6.07, 6.45) is 0. The van der Waals surface area contributed by atoms with Crippen molar-refractivity contribution in [1.29, 1.82) is 0 Å². The van der Waals surface area contributed by atoms with Gasteiger partial charge in [0.05, 0.1) is 31.5 Å². The molecule has 0 saturated heterocycles. The van der Waals surface area contributed by atoms with Crippen LogP contribution in [0.3, 0.4) is 0 Å². The lowest BCUT2D eigenvalue weighted by atomic mass is 10.1. The summed E-state index contributed by atoms with van der Waals surface area (Å²) in [4.78, 5) is 24.8. The number of amides is 2. The van der Waals surface area contributed by atoms with Gasteiger partial charge in [-0.2, -0.15) is 0 Å². The van der Waals surface area contributed by atoms with Crippen LogP contribution in [-0.4, -0.2) is 11.8 Å². The molecule has 142 valence electrons. The summed E-state index contributed by atoms with van der Waals surface area (Å²) in [5.74, 6) is -0.813. The number of halogens is 4. The molecule has 28 heavy (non-hydrogen) atoms. The molecule has 0 atom stereocenters. The smallest absolute Gasteiger partial charge is 0.255 e. The molecule has 0 saturated carbocycles. The zero-order valence-electron chi connectivity index (χ0n) is 14.1. The van der Waals surface area contributed by atoms with Gasteiger partial charge in [-0.05, 0) is 48.5 Å². The highest BCUT2D eigenvalue weighted by Gasteiger charge is 2.14. The van der Waals surface area contributed by atoms with Gasteiger partial charge in [0.25, 0.3) is 11.8 Å². The highest BCUT2D eigenvalue weighted by atomic mass is 35.5. The Bertz CT molecular complexity index is 928. The van der Waals surface area contributed by atoms with Crippen molar-refractivity contribution < 1.29 is 9.59 Å². The van der Waals surface area contributed by atoms with Crippen molar-refractivity contribution in [3.8, 4) is 0 Å². The highest BCUT2D eigenvalue weighted by Crippen LogP contribution is 2.31. The van der Waals surface area contributed by atoms with Gasteiger partial charge in [0.1, 0.15) is 0 Å². The molecule has 2 amide bonds. The fourth-order valence-electron chi connectivity index (χ4n) is 2.38. The second-order valence-electron chi connectivity index (χ2n) is 5.68. The largest absolute Gasteiger partial charge is 0.319 e. The minimum atomic E-state index is -0.406. The summed E-state index contributed by atoms with van der Waals surface area (Å²) in [6.45, 7) is 0. The van der Waals surface area contributed by atoms with Crippen LogP contribution in [0.15, 0.2) is 60.7 Å². The van der Waals surface area contributed by atoms with Crippen molar-refractivity contribution in [3.63, 3.8) is 0 Å². The minimum Gasteiger partial charge on any atom is -0.319 e. The van der Waals surface area contributed by atoms with Gasteiger partial charge in [0.2, 0.25) is 0 Å². The molecule has 3 aromatic rings. The normalized spacial score (nSPS) is 10.4. The first-order chi connectivity index (χ1) is 13.4. The van der Waals surface area contributed by atoms with Crippen LogP contribution in [0.25, 0.3) is 0 Å². The van der Waals surface area contributed by atoms with Gasteiger partial charge in [-0.1, -0.05) is 58.5 Å². The Morgan fingerprint density at radius 1 is 0.536 bits per heavy atom. The van der Waals surface area contributed by atoms with Crippen LogP contribution in [0.2, 0.25) is 20.1 Å². The van der Waals surface area contributed by atoms with Crippen molar-refractivity contribution >= 4 is 69.6 Å². The number of para-hydroxylation sites is 2. The Morgan fingerprint density at radius 3 is 1.11 bits per heavy atom.